The normalized spacial score (nSPS) is 13.0. The van der Waals surface area contributed by atoms with Gasteiger partial charge in [-0.05, 0) is 11.1 Å². The van der Waals surface area contributed by atoms with Crippen molar-refractivity contribution in [1.29, 1.82) is 0 Å². The van der Waals surface area contributed by atoms with Gasteiger partial charge in [0.15, 0.2) is 5.69 Å². The van der Waals surface area contributed by atoms with Crippen LogP contribution in [0.3, 0.4) is 0 Å². The largest absolute Gasteiger partial charge is 0.618 e. The number of hydrogen-bond donors (Lipinski definition) is 1. The molecule has 0 aliphatic carbocycles. The molecule has 0 saturated carbocycles. The van der Waals surface area contributed by atoms with Crippen molar-refractivity contribution in [3.8, 4) is 0 Å². The van der Waals surface area contributed by atoms with Crippen LogP contribution in [0.15, 0.2) is 66.7 Å². The maximum Gasteiger partial charge on any atom is 0.359 e. The molecule has 0 amide bonds. The van der Waals surface area contributed by atoms with Gasteiger partial charge >= 0.3 is 5.69 Å². The van der Waals surface area contributed by atoms with E-state index in [1.807, 2.05) is 12.1 Å². The Morgan fingerprint density at radius 2 is 1.38 bits per heavy atom. The third-order valence-corrected chi connectivity index (χ3v) is 6.50. The van der Waals surface area contributed by atoms with Crippen LogP contribution >= 0.6 is 37.2 Å². The van der Waals surface area contributed by atoms with Gasteiger partial charge < -0.3 is 21.5 Å². The predicted molar refractivity (Wildman–Crippen MR) is 162 cm³/mol. The van der Waals surface area contributed by atoms with Crippen LogP contribution in [0.1, 0.15) is 28.6 Å². The molecule has 3 aromatic rings. The Balaban J connectivity index is 0. The molecular formula is C26H38Cl3N5O5. The molecule has 218 valence electrons. The third kappa shape index (κ3) is 9.18. The van der Waals surface area contributed by atoms with E-state index in [0.29, 0.717) is 22.7 Å². The number of nitrogens with zero attached hydrogens (tertiary/aromatic N) is 4. The lowest BCUT2D eigenvalue weighted by atomic mass is 9.96. The summed E-state index contributed by atoms with van der Waals surface area (Å²) < 4.78 is 0.610. The minimum Gasteiger partial charge on any atom is -0.618 e. The van der Waals surface area contributed by atoms with Gasteiger partial charge in [-0.2, -0.15) is 4.73 Å². The van der Waals surface area contributed by atoms with Crippen LogP contribution in [0.5, 0.6) is 0 Å². The Hall–Kier alpha value is -2.70. The molecule has 39 heavy (non-hydrogen) atoms. The maximum atomic E-state index is 12.0. The molecule has 0 atom stereocenters. The quantitative estimate of drug-likeness (QED) is 0.180. The summed E-state index contributed by atoms with van der Waals surface area (Å²) in [5.74, 6) is 0. The van der Waals surface area contributed by atoms with Gasteiger partial charge in [0.1, 0.15) is 5.69 Å². The van der Waals surface area contributed by atoms with Crippen molar-refractivity contribution in [3.05, 3.63) is 105 Å². The fourth-order valence-corrected chi connectivity index (χ4v) is 4.74. The first-order valence-electron chi connectivity index (χ1n) is 11.6. The third-order valence-electron chi connectivity index (χ3n) is 6.50. The summed E-state index contributed by atoms with van der Waals surface area (Å²) in [5.41, 5.74) is 3.38. The number of nitro groups is 1. The lowest BCUT2D eigenvalue weighted by Crippen LogP contribution is -2.48. The van der Waals surface area contributed by atoms with Crippen LogP contribution in [-0.4, -0.2) is 64.9 Å². The summed E-state index contributed by atoms with van der Waals surface area (Å²) in [4.78, 5) is 15.9. The highest BCUT2D eigenvalue weighted by atomic mass is 35.5. The highest BCUT2D eigenvalue weighted by Gasteiger charge is 2.28. The molecule has 1 aliphatic heterocycles. The van der Waals surface area contributed by atoms with E-state index >= 15 is 0 Å². The Morgan fingerprint density at radius 3 is 1.85 bits per heavy atom. The summed E-state index contributed by atoms with van der Waals surface area (Å²) in [5, 5.41) is 26.7. The zero-order valence-corrected chi connectivity index (χ0v) is 24.4. The SMILES string of the molecule is Cc1cc(NCCN2CCN(C(c3ccccc3)c3ccccc3)CC2)c([N+](=O)[O-])c(C)[n+]1[O-].Cl.Cl.Cl.O.O. The molecule has 5 N–H and O–H groups in total. The lowest BCUT2D eigenvalue weighted by Gasteiger charge is -2.39. The Bertz CT molecular complexity index is 1100. The van der Waals surface area contributed by atoms with E-state index in [1.165, 1.54) is 18.1 Å². The molecule has 0 radical (unpaired) electrons. The average molecular weight is 607 g/mol. The second-order valence-corrected chi connectivity index (χ2v) is 8.71. The second-order valence-electron chi connectivity index (χ2n) is 8.71. The maximum absolute atomic E-state index is 12.0. The van der Waals surface area contributed by atoms with Crippen molar-refractivity contribution >= 4 is 48.6 Å². The highest BCUT2D eigenvalue weighted by molar-refractivity contribution is 5.86. The minimum atomic E-state index is -0.489. The number of piperazine rings is 1. The zero-order valence-electron chi connectivity index (χ0n) is 21.9. The van der Waals surface area contributed by atoms with Crippen molar-refractivity contribution in [1.82, 2.24) is 9.80 Å². The number of hydrogen-bond acceptors (Lipinski definition) is 6. The van der Waals surface area contributed by atoms with Gasteiger partial charge in [0, 0.05) is 59.2 Å². The Labute approximate surface area is 247 Å². The van der Waals surface area contributed by atoms with Crippen molar-refractivity contribution in [2.24, 2.45) is 0 Å². The van der Waals surface area contributed by atoms with E-state index in [0.717, 1.165) is 32.7 Å². The first-order chi connectivity index (χ1) is 16.5. The van der Waals surface area contributed by atoms with Gasteiger partial charge in [-0.15, -0.1) is 37.2 Å². The molecule has 0 bridgehead atoms. The molecule has 10 nitrogen and oxygen atoms in total. The van der Waals surface area contributed by atoms with E-state index < -0.39 is 4.92 Å². The van der Waals surface area contributed by atoms with E-state index in [-0.39, 0.29) is 65.6 Å². The number of pyridine rings is 1. The van der Waals surface area contributed by atoms with Crippen LogP contribution in [0.4, 0.5) is 11.4 Å². The average Bonchev–Trinajstić information content (AvgIpc) is 2.85. The number of benzene rings is 2. The van der Waals surface area contributed by atoms with E-state index in [2.05, 4.69) is 63.6 Å². The summed E-state index contributed by atoms with van der Waals surface area (Å²) >= 11 is 0. The number of rotatable bonds is 8. The molecule has 2 aromatic carbocycles. The smallest absolute Gasteiger partial charge is 0.359 e. The lowest BCUT2D eigenvalue weighted by molar-refractivity contribution is -0.623. The van der Waals surface area contributed by atoms with Crippen molar-refractivity contribution in [3.63, 3.8) is 0 Å². The van der Waals surface area contributed by atoms with Gasteiger partial charge in [0.05, 0.1) is 11.0 Å². The Morgan fingerprint density at radius 1 is 0.897 bits per heavy atom. The number of aryl methyl sites for hydroxylation is 1. The van der Waals surface area contributed by atoms with Crippen molar-refractivity contribution < 1.29 is 20.6 Å². The highest BCUT2D eigenvalue weighted by Crippen LogP contribution is 2.30. The molecular weight excluding hydrogens is 569 g/mol. The van der Waals surface area contributed by atoms with Crippen LogP contribution in [0, 0.1) is 29.2 Å². The van der Waals surface area contributed by atoms with E-state index in [4.69, 9.17) is 0 Å². The number of aromatic nitrogens is 1. The minimum absolute atomic E-state index is 0. The van der Waals surface area contributed by atoms with Crippen LogP contribution in [-0.2, 0) is 0 Å². The monoisotopic (exact) mass is 605 g/mol. The molecule has 2 heterocycles. The second kappa shape index (κ2) is 17.8. The predicted octanol–water partition coefficient (Wildman–Crippen LogP) is 3.28. The standard InChI is InChI=1S/C26H31N5O3.3ClH.2H2O/c1-20-19-24(25(31(33)34)21(2)30(20)32)27-13-14-28-15-17-29(18-16-28)26(22-9-5-3-6-10-22)23-11-7-4-8-12-23;;;;;/h3-12,19,26-27H,13-18H2,1-2H3;3*1H;2*1H2. The van der Waals surface area contributed by atoms with Gasteiger partial charge in [0.2, 0.25) is 0 Å². The molecule has 4 rings (SSSR count). The molecule has 1 aliphatic rings. The summed E-state index contributed by atoms with van der Waals surface area (Å²) in [6.45, 7) is 8.21. The first kappa shape index (κ1) is 38.4. The van der Waals surface area contributed by atoms with Gasteiger partial charge in [-0.1, -0.05) is 60.7 Å². The summed E-state index contributed by atoms with van der Waals surface area (Å²) in [6.07, 6.45) is 0. The molecule has 1 saturated heterocycles. The summed E-state index contributed by atoms with van der Waals surface area (Å²) in [7, 11) is 0. The fraction of sp³-hybridized carbons (Fsp3) is 0.346. The topological polar surface area (TPSA) is 152 Å². The van der Waals surface area contributed by atoms with Gasteiger partial charge in [-0.25, -0.2) is 0 Å². The van der Waals surface area contributed by atoms with Crippen LogP contribution in [0.25, 0.3) is 0 Å². The summed E-state index contributed by atoms with van der Waals surface area (Å²) in [6, 6.07) is 23.0. The number of nitrogens with one attached hydrogen (secondary N) is 1. The fourth-order valence-electron chi connectivity index (χ4n) is 4.74. The number of halogens is 3. The zero-order chi connectivity index (χ0) is 24.1. The van der Waals surface area contributed by atoms with Crippen molar-refractivity contribution in [2.45, 2.75) is 19.9 Å². The van der Waals surface area contributed by atoms with Gasteiger partial charge in [-0.3, -0.25) is 19.9 Å². The molecule has 1 aromatic heterocycles. The molecule has 13 heteroatoms. The first-order valence-corrected chi connectivity index (χ1v) is 11.6. The molecule has 0 spiro atoms. The molecule has 0 unspecified atom stereocenters. The Kier molecular flexibility index (Phi) is 17.5. The van der Waals surface area contributed by atoms with E-state index in [1.54, 1.807) is 13.0 Å². The van der Waals surface area contributed by atoms with Gasteiger partial charge in [0.25, 0.3) is 5.69 Å². The number of anilines is 1. The van der Waals surface area contributed by atoms with Crippen LogP contribution < -0.4 is 10.0 Å². The molecule has 1 fully saturated rings. The van der Waals surface area contributed by atoms with Crippen LogP contribution in [0.2, 0.25) is 0 Å². The van der Waals surface area contributed by atoms with E-state index in [9.17, 15) is 15.3 Å². The van der Waals surface area contributed by atoms with Crippen molar-refractivity contribution in [2.75, 3.05) is 44.6 Å².